The van der Waals surface area contributed by atoms with E-state index in [0.29, 0.717) is 5.69 Å². The lowest BCUT2D eigenvalue weighted by atomic mass is 10.3. The number of amides is 1. The van der Waals surface area contributed by atoms with Crippen molar-refractivity contribution in [3.63, 3.8) is 0 Å². The molecule has 0 aromatic heterocycles. The standard InChI is InChI=1S/C12H12BrNO4/c1-2-7-18-12(17)14(8-11(15)16)10-5-3-9(13)4-6-10/h2-6H,1,7-8H2,(H,15,16). The Kier molecular flexibility index (Phi) is 5.38. The molecule has 1 amide bonds. The molecule has 1 aromatic carbocycles. The van der Waals surface area contributed by atoms with Crippen LogP contribution in [-0.4, -0.2) is 30.3 Å². The molecular formula is C12H12BrNO4. The number of benzene rings is 1. The molecule has 0 fully saturated rings. The number of rotatable bonds is 5. The first-order chi connectivity index (χ1) is 8.54. The van der Waals surface area contributed by atoms with Crippen molar-refractivity contribution in [3.05, 3.63) is 41.4 Å². The predicted octanol–water partition coefficient (Wildman–Crippen LogP) is 2.66. The molecule has 18 heavy (non-hydrogen) atoms. The van der Waals surface area contributed by atoms with Crippen LogP contribution in [-0.2, 0) is 9.53 Å². The SMILES string of the molecule is C=CCOC(=O)N(CC(=O)O)c1ccc(Br)cc1. The molecule has 0 unspecified atom stereocenters. The van der Waals surface area contributed by atoms with Crippen LogP contribution in [0.15, 0.2) is 41.4 Å². The van der Waals surface area contributed by atoms with Crippen LogP contribution in [0, 0.1) is 0 Å². The van der Waals surface area contributed by atoms with Gasteiger partial charge in [-0.1, -0.05) is 28.6 Å². The summed E-state index contributed by atoms with van der Waals surface area (Å²) in [5.74, 6) is -1.12. The second-order valence-electron chi connectivity index (χ2n) is 3.32. The van der Waals surface area contributed by atoms with Gasteiger partial charge in [-0.25, -0.2) is 4.79 Å². The van der Waals surface area contributed by atoms with Gasteiger partial charge < -0.3 is 9.84 Å². The lowest BCUT2D eigenvalue weighted by Gasteiger charge is -2.19. The fraction of sp³-hybridized carbons (Fsp3) is 0.167. The molecule has 1 aromatic rings. The van der Waals surface area contributed by atoms with Crippen molar-refractivity contribution in [2.24, 2.45) is 0 Å². The third-order valence-corrected chi connectivity index (χ3v) is 2.51. The number of carboxylic acid groups (broad SMARTS) is 1. The maximum absolute atomic E-state index is 11.7. The average Bonchev–Trinajstić information content (AvgIpc) is 2.34. The van der Waals surface area contributed by atoms with Gasteiger partial charge in [-0.2, -0.15) is 0 Å². The Morgan fingerprint density at radius 3 is 2.50 bits per heavy atom. The summed E-state index contributed by atoms with van der Waals surface area (Å²) in [7, 11) is 0. The molecule has 6 heteroatoms. The normalized spacial score (nSPS) is 9.61. The molecular weight excluding hydrogens is 302 g/mol. The quantitative estimate of drug-likeness (QED) is 0.849. The van der Waals surface area contributed by atoms with Gasteiger partial charge in [-0.3, -0.25) is 9.69 Å². The molecule has 0 saturated heterocycles. The van der Waals surface area contributed by atoms with E-state index < -0.39 is 18.6 Å². The van der Waals surface area contributed by atoms with Crippen molar-refractivity contribution in [2.75, 3.05) is 18.1 Å². The molecule has 0 aliphatic heterocycles. The molecule has 0 spiro atoms. The minimum absolute atomic E-state index is 0.0332. The van der Waals surface area contributed by atoms with E-state index in [9.17, 15) is 9.59 Å². The summed E-state index contributed by atoms with van der Waals surface area (Å²) < 4.78 is 5.67. The Morgan fingerprint density at radius 1 is 1.39 bits per heavy atom. The van der Waals surface area contributed by atoms with Gasteiger partial charge >= 0.3 is 12.1 Å². The zero-order valence-electron chi connectivity index (χ0n) is 9.51. The fourth-order valence-electron chi connectivity index (χ4n) is 1.23. The number of aliphatic carboxylic acids is 1. The number of carbonyl (C=O) groups is 2. The summed E-state index contributed by atoms with van der Waals surface area (Å²) >= 11 is 3.26. The minimum atomic E-state index is -1.12. The van der Waals surface area contributed by atoms with Crippen LogP contribution >= 0.6 is 15.9 Å². The molecule has 96 valence electrons. The summed E-state index contributed by atoms with van der Waals surface area (Å²) in [5, 5.41) is 8.80. The van der Waals surface area contributed by atoms with Crippen LogP contribution in [0.5, 0.6) is 0 Å². The van der Waals surface area contributed by atoms with Crippen LogP contribution in [0.2, 0.25) is 0 Å². The molecule has 0 aliphatic rings. The average molecular weight is 314 g/mol. The Balaban J connectivity index is 2.89. The summed E-state index contributed by atoms with van der Waals surface area (Å²) in [5.41, 5.74) is 0.453. The number of carboxylic acids is 1. The van der Waals surface area contributed by atoms with Gasteiger partial charge in [0.2, 0.25) is 0 Å². The third kappa shape index (κ3) is 4.21. The van der Waals surface area contributed by atoms with E-state index in [1.807, 2.05) is 0 Å². The third-order valence-electron chi connectivity index (χ3n) is 1.98. The lowest BCUT2D eigenvalue weighted by Crippen LogP contribution is -2.36. The van der Waals surface area contributed by atoms with E-state index in [2.05, 4.69) is 22.5 Å². The van der Waals surface area contributed by atoms with Gasteiger partial charge in [0.1, 0.15) is 13.2 Å². The van der Waals surface area contributed by atoms with Crippen molar-refractivity contribution in [2.45, 2.75) is 0 Å². The Morgan fingerprint density at radius 2 is 2.00 bits per heavy atom. The molecule has 0 bridgehead atoms. The van der Waals surface area contributed by atoms with Crippen molar-refractivity contribution < 1.29 is 19.4 Å². The Hall–Kier alpha value is -1.82. The number of anilines is 1. The number of nitrogens with zero attached hydrogens (tertiary/aromatic N) is 1. The van der Waals surface area contributed by atoms with E-state index in [4.69, 9.17) is 9.84 Å². The van der Waals surface area contributed by atoms with E-state index in [1.165, 1.54) is 6.08 Å². The lowest BCUT2D eigenvalue weighted by molar-refractivity contribution is -0.135. The molecule has 1 N–H and O–H groups in total. The van der Waals surface area contributed by atoms with Gasteiger partial charge in [0.25, 0.3) is 0 Å². The number of hydrogen-bond acceptors (Lipinski definition) is 3. The van der Waals surface area contributed by atoms with Gasteiger partial charge in [-0.15, -0.1) is 0 Å². The molecule has 1 rings (SSSR count). The summed E-state index contributed by atoms with van der Waals surface area (Å²) in [6, 6.07) is 6.68. The molecule has 0 heterocycles. The van der Waals surface area contributed by atoms with Crippen LogP contribution in [0.3, 0.4) is 0 Å². The Labute approximate surface area is 113 Å². The van der Waals surface area contributed by atoms with Crippen LogP contribution in [0.25, 0.3) is 0 Å². The zero-order valence-corrected chi connectivity index (χ0v) is 11.1. The monoisotopic (exact) mass is 313 g/mol. The number of halogens is 1. The topological polar surface area (TPSA) is 66.8 Å². The molecule has 0 atom stereocenters. The summed E-state index contributed by atoms with van der Waals surface area (Å²) in [6.45, 7) is 2.99. The van der Waals surface area contributed by atoms with Gasteiger partial charge in [-0.05, 0) is 24.3 Å². The Bertz CT molecular complexity index is 444. The molecule has 0 saturated carbocycles. The van der Waals surface area contributed by atoms with Crippen molar-refractivity contribution in [3.8, 4) is 0 Å². The van der Waals surface area contributed by atoms with Gasteiger partial charge in [0.15, 0.2) is 0 Å². The molecule has 0 aliphatic carbocycles. The molecule has 0 radical (unpaired) electrons. The maximum atomic E-state index is 11.7. The second kappa shape index (κ2) is 6.80. The van der Waals surface area contributed by atoms with E-state index in [0.717, 1.165) is 9.37 Å². The fourth-order valence-corrected chi connectivity index (χ4v) is 1.49. The van der Waals surface area contributed by atoms with Crippen molar-refractivity contribution in [1.29, 1.82) is 0 Å². The van der Waals surface area contributed by atoms with Crippen molar-refractivity contribution >= 4 is 33.7 Å². The summed E-state index contributed by atoms with van der Waals surface area (Å²) in [4.78, 5) is 23.5. The highest BCUT2D eigenvalue weighted by Gasteiger charge is 2.19. The summed E-state index contributed by atoms with van der Waals surface area (Å²) in [6.07, 6.45) is 0.693. The van der Waals surface area contributed by atoms with Crippen LogP contribution < -0.4 is 4.90 Å². The number of hydrogen-bond donors (Lipinski definition) is 1. The van der Waals surface area contributed by atoms with Crippen LogP contribution in [0.4, 0.5) is 10.5 Å². The van der Waals surface area contributed by atoms with Crippen LogP contribution in [0.1, 0.15) is 0 Å². The first-order valence-corrected chi connectivity index (χ1v) is 5.86. The van der Waals surface area contributed by atoms with Gasteiger partial charge in [0.05, 0.1) is 0 Å². The van der Waals surface area contributed by atoms with Crippen molar-refractivity contribution in [1.82, 2.24) is 0 Å². The number of ether oxygens (including phenoxy) is 1. The first kappa shape index (κ1) is 14.2. The van der Waals surface area contributed by atoms with Gasteiger partial charge in [0, 0.05) is 10.2 Å². The van der Waals surface area contributed by atoms with E-state index in [-0.39, 0.29) is 6.61 Å². The van der Waals surface area contributed by atoms with E-state index in [1.54, 1.807) is 24.3 Å². The highest BCUT2D eigenvalue weighted by molar-refractivity contribution is 9.10. The number of carbonyl (C=O) groups excluding carboxylic acids is 1. The highest BCUT2D eigenvalue weighted by atomic mass is 79.9. The zero-order chi connectivity index (χ0) is 13.5. The largest absolute Gasteiger partial charge is 0.480 e. The predicted molar refractivity (Wildman–Crippen MR) is 70.7 cm³/mol. The smallest absolute Gasteiger partial charge is 0.415 e. The minimum Gasteiger partial charge on any atom is -0.480 e. The van der Waals surface area contributed by atoms with E-state index >= 15 is 0 Å². The second-order valence-corrected chi connectivity index (χ2v) is 4.24. The first-order valence-electron chi connectivity index (χ1n) is 5.07. The maximum Gasteiger partial charge on any atom is 0.415 e. The molecule has 5 nitrogen and oxygen atoms in total. The highest BCUT2D eigenvalue weighted by Crippen LogP contribution is 2.19.